The molecule has 1 aromatic carbocycles. The molecule has 2 aliphatic rings. The molecule has 0 unspecified atom stereocenters. The van der Waals surface area contributed by atoms with Gasteiger partial charge in [0.1, 0.15) is 11.6 Å². The summed E-state index contributed by atoms with van der Waals surface area (Å²) in [5.41, 5.74) is 0. The van der Waals surface area contributed by atoms with E-state index in [-0.39, 0.29) is 6.10 Å². The van der Waals surface area contributed by atoms with Gasteiger partial charge in [0.15, 0.2) is 5.11 Å². The zero-order chi connectivity index (χ0) is 20.8. The molecule has 1 atom stereocenters. The maximum atomic E-state index is 5.99. The third-order valence-corrected chi connectivity index (χ3v) is 5.75. The number of nitrogens with one attached hydrogen (secondary N) is 2. The second-order valence-electron chi connectivity index (χ2n) is 7.94. The second-order valence-corrected chi connectivity index (χ2v) is 8.35. The predicted molar refractivity (Wildman–Crippen MR) is 122 cm³/mol. The fraction of sp³-hybridized carbons (Fsp3) is 0.500. The summed E-state index contributed by atoms with van der Waals surface area (Å²) in [6, 6.07) is 11.5. The number of rotatable bonds is 6. The van der Waals surface area contributed by atoms with Crippen molar-refractivity contribution in [2.75, 3.05) is 36.5 Å². The van der Waals surface area contributed by atoms with Crippen molar-refractivity contribution < 1.29 is 9.47 Å². The van der Waals surface area contributed by atoms with Gasteiger partial charge in [-0.2, -0.15) is 9.97 Å². The maximum Gasteiger partial charge on any atom is 0.234 e. The van der Waals surface area contributed by atoms with Gasteiger partial charge in [0.2, 0.25) is 11.8 Å². The minimum absolute atomic E-state index is 0.212. The molecule has 8 heteroatoms. The molecule has 0 spiro atoms. The Morgan fingerprint density at radius 2 is 2.00 bits per heavy atom. The van der Waals surface area contributed by atoms with E-state index in [0.29, 0.717) is 23.5 Å². The van der Waals surface area contributed by atoms with Crippen LogP contribution < -0.4 is 20.3 Å². The quantitative estimate of drug-likeness (QED) is 0.671. The van der Waals surface area contributed by atoms with Gasteiger partial charge in [-0.3, -0.25) is 0 Å². The van der Waals surface area contributed by atoms with Crippen molar-refractivity contribution >= 4 is 29.1 Å². The summed E-state index contributed by atoms with van der Waals surface area (Å²) in [5, 5.41) is 6.81. The molecule has 160 valence electrons. The Bertz CT molecular complexity index is 837. The van der Waals surface area contributed by atoms with Crippen molar-refractivity contribution in [2.24, 2.45) is 5.92 Å². The van der Waals surface area contributed by atoms with Crippen LogP contribution in [-0.2, 0) is 4.74 Å². The summed E-state index contributed by atoms with van der Waals surface area (Å²) in [7, 11) is 0. The van der Waals surface area contributed by atoms with Gasteiger partial charge in [-0.1, -0.05) is 25.1 Å². The van der Waals surface area contributed by atoms with E-state index >= 15 is 0 Å². The predicted octanol–water partition coefficient (Wildman–Crippen LogP) is 3.97. The second kappa shape index (κ2) is 10.0. The first kappa shape index (κ1) is 20.8. The zero-order valence-electron chi connectivity index (χ0n) is 17.3. The highest BCUT2D eigenvalue weighted by Crippen LogP contribution is 2.27. The molecule has 0 aliphatic carbocycles. The van der Waals surface area contributed by atoms with Crippen molar-refractivity contribution in [1.29, 1.82) is 0 Å². The van der Waals surface area contributed by atoms with E-state index in [2.05, 4.69) is 27.4 Å². The van der Waals surface area contributed by atoms with Crippen molar-refractivity contribution in [3.63, 3.8) is 0 Å². The summed E-state index contributed by atoms with van der Waals surface area (Å²) in [5.74, 6) is 3.26. The molecule has 4 rings (SSSR count). The first-order chi connectivity index (χ1) is 14.7. The van der Waals surface area contributed by atoms with Gasteiger partial charge >= 0.3 is 0 Å². The van der Waals surface area contributed by atoms with E-state index in [9.17, 15) is 0 Å². The molecule has 0 amide bonds. The number of hydrogen-bond donors (Lipinski definition) is 2. The molecule has 7 nitrogen and oxygen atoms in total. The Hall–Kier alpha value is -2.45. The van der Waals surface area contributed by atoms with E-state index in [0.717, 1.165) is 62.9 Å². The van der Waals surface area contributed by atoms with E-state index in [1.54, 1.807) is 0 Å². The van der Waals surface area contributed by atoms with Crippen LogP contribution >= 0.6 is 12.2 Å². The van der Waals surface area contributed by atoms with Crippen LogP contribution in [0, 0.1) is 5.92 Å². The highest BCUT2D eigenvalue weighted by Gasteiger charge is 2.20. The lowest BCUT2D eigenvalue weighted by atomic mass is 9.99. The topological polar surface area (TPSA) is 71.5 Å². The molecule has 2 aliphatic heterocycles. The van der Waals surface area contributed by atoms with E-state index in [1.807, 2.05) is 36.4 Å². The molecule has 3 heterocycles. The van der Waals surface area contributed by atoms with Crippen molar-refractivity contribution in [2.45, 2.75) is 38.7 Å². The summed E-state index contributed by atoms with van der Waals surface area (Å²) in [4.78, 5) is 11.5. The number of benzene rings is 1. The first-order valence-electron chi connectivity index (χ1n) is 10.7. The van der Waals surface area contributed by atoms with E-state index < -0.39 is 0 Å². The molecule has 2 fully saturated rings. The van der Waals surface area contributed by atoms with Crippen LogP contribution in [-0.4, -0.2) is 47.4 Å². The third kappa shape index (κ3) is 5.79. The average Bonchev–Trinajstić information content (AvgIpc) is 3.27. The Balaban J connectivity index is 1.48. The largest absolute Gasteiger partial charge is 0.439 e. The molecule has 0 radical (unpaired) electrons. The number of thiocarbonyl (C=S) groups is 1. The Labute approximate surface area is 183 Å². The van der Waals surface area contributed by atoms with Crippen LogP contribution in [0.3, 0.4) is 0 Å². The van der Waals surface area contributed by atoms with E-state index in [4.69, 9.17) is 26.7 Å². The molecular formula is C22H29N5O2S. The number of ether oxygens (including phenoxy) is 2. The molecule has 0 bridgehead atoms. The van der Waals surface area contributed by atoms with Crippen molar-refractivity contribution in [3.05, 3.63) is 36.4 Å². The normalized spacial score (nSPS) is 19.5. The Morgan fingerprint density at radius 1 is 1.20 bits per heavy atom. The monoisotopic (exact) mass is 427 g/mol. The Morgan fingerprint density at radius 3 is 2.73 bits per heavy atom. The van der Waals surface area contributed by atoms with Crippen LogP contribution in [0.5, 0.6) is 11.6 Å². The number of aromatic nitrogens is 2. The number of nitrogens with zero attached hydrogens (tertiary/aromatic N) is 3. The lowest BCUT2D eigenvalue weighted by Gasteiger charge is -2.31. The van der Waals surface area contributed by atoms with Gasteiger partial charge in [-0.25, -0.2) is 0 Å². The highest BCUT2D eigenvalue weighted by atomic mass is 32.1. The van der Waals surface area contributed by atoms with Crippen LogP contribution in [0.15, 0.2) is 36.4 Å². The van der Waals surface area contributed by atoms with Gasteiger partial charge < -0.3 is 25.0 Å². The summed E-state index contributed by atoms with van der Waals surface area (Å²) in [6.45, 7) is 5.76. The zero-order valence-corrected chi connectivity index (χ0v) is 18.2. The summed E-state index contributed by atoms with van der Waals surface area (Å²) in [6.07, 6.45) is 4.69. The fourth-order valence-electron chi connectivity index (χ4n) is 3.69. The van der Waals surface area contributed by atoms with Crippen LogP contribution in [0.4, 0.5) is 11.8 Å². The number of anilines is 2. The number of hydrogen-bond acceptors (Lipinski definition) is 6. The fourth-order valence-corrected chi connectivity index (χ4v) is 3.86. The van der Waals surface area contributed by atoms with Crippen molar-refractivity contribution in [1.82, 2.24) is 15.3 Å². The first-order valence-corrected chi connectivity index (χ1v) is 11.1. The third-order valence-electron chi connectivity index (χ3n) is 5.50. The van der Waals surface area contributed by atoms with Crippen LogP contribution in [0.1, 0.15) is 32.6 Å². The molecule has 30 heavy (non-hydrogen) atoms. The molecule has 0 saturated carbocycles. The van der Waals surface area contributed by atoms with Gasteiger partial charge in [0.25, 0.3) is 0 Å². The molecular weight excluding hydrogens is 398 g/mol. The molecule has 2 saturated heterocycles. The molecule has 2 aromatic rings. The molecule has 1 aromatic heterocycles. The lowest BCUT2D eigenvalue weighted by molar-refractivity contribution is 0.114. The van der Waals surface area contributed by atoms with Gasteiger partial charge in [0, 0.05) is 32.3 Å². The van der Waals surface area contributed by atoms with Gasteiger partial charge in [-0.05, 0) is 56.0 Å². The smallest absolute Gasteiger partial charge is 0.234 e. The standard InChI is InChI=1S/C22H29N5O2S/c1-16-9-11-27(12-10-16)19-14-20(29-17-6-3-2-4-7-17)25-21(24-19)26-22(30)23-15-18-8-5-13-28-18/h2-4,6-7,14,16,18H,5,8-13,15H2,1H3,(H2,23,24,25,26,30)/t18-/m1/s1. The highest BCUT2D eigenvalue weighted by molar-refractivity contribution is 7.80. The van der Waals surface area contributed by atoms with E-state index in [1.165, 1.54) is 0 Å². The van der Waals surface area contributed by atoms with Crippen LogP contribution in [0.25, 0.3) is 0 Å². The number of para-hydroxylation sites is 1. The summed E-state index contributed by atoms with van der Waals surface area (Å²) < 4.78 is 11.6. The SMILES string of the molecule is CC1CCN(c2cc(Oc3ccccc3)nc(NC(=S)NC[C@H]3CCCO3)n2)CC1. The van der Waals surface area contributed by atoms with Crippen LogP contribution in [0.2, 0.25) is 0 Å². The summed E-state index contributed by atoms with van der Waals surface area (Å²) >= 11 is 5.45. The average molecular weight is 428 g/mol. The minimum Gasteiger partial charge on any atom is -0.439 e. The maximum absolute atomic E-state index is 5.99. The van der Waals surface area contributed by atoms with Gasteiger partial charge in [-0.15, -0.1) is 0 Å². The van der Waals surface area contributed by atoms with Gasteiger partial charge in [0.05, 0.1) is 6.10 Å². The van der Waals surface area contributed by atoms with Crippen molar-refractivity contribution in [3.8, 4) is 11.6 Å². The number of piperidine rings is 1. The minimum atomic E-state index is 0.212. The lowest BCUT2D eigenvalue weighted by Crippen LogP contribution is -2.36. The Kier molecular flexibility index (Phi) is 6.96. The molecule has 2 N–H and O–H groups in total.